The van der Waals surface area contributed by atoms with Crippen molar-refractivity contribution >= 4 is 17.9 Å². The summed E-state index contributed by atoms with van der Waals surface area (Å²) in [5, 5.41) is 5.67. The number of carbonyl (C=O) groups excluding carboxylic acids is 3. The summed E-state index contributed by atoms with van der Waals surface area (Å²) in [7, 11) is 0. The molecule has 3 rings (SSSR count). The molecule has 0 aliphatic carbocycles. The molecule has 3 amide bonds. The third-order valence-electron chi connectivity index (χ3n) is 5.22. The number of benzene rings is 1. The Morgan fingerprint density at radius 2 is 2.11 bits per heavy atom. The maximum atomic E-state index is 12.4. The van der Waals surface area contributed by atoms with Crippen molar-refractivity contribution in [3.63, 3.8) is 0 Å². The molecule has 2 saturated heterocycles. The van der Waals surface area contributed by atoms with Crippen molar-refractivity contribution in [1.29, 1.82) is 0 Å². The molecule has 28 heavy (non-hydrogen) atoms. The standard InChI is InChI=1S/C20H28N4O4/c1-15-5-2-3-6-16(15)14-24-11-8-22-19(26)17(24)13-18(25)21-7-10-23-9-4-12-28-20(23)27/h2-3,5-6,17H,4,7-14H2,1H3,(H,21,25)(H,22,26)/t17-/m0/s1. The third kappa shape index (κ3) is 5.22. The lowest BCUT2D eigenvalue weighted by molar-refractivity contribution is -0.134. The van der Waals surface area contributed by atoms with Crippen molar-refractivity contribution in [2.75, 3.05) is 39.3 Å². The molecule has 8 nitrogen and oxygen atoms in total. The van der Waals surface area contributed by atoms with Gasteiger partial charge in [0.05, 0.1) is 19.1 Å². The maximum Gasteiger partial charge on any atom is 0.409 e. The molecule has 2 N–H and O–H groups in total. The van der Waals surface area contributed by atoms with Gasteiger partial charge in [-0.2, -0.15) is 0 Å². The van der Waals surface area contributed by atoms with Crippen LogP contribution in [-0.4, -0.2) is 73.1 Å². The second-order valence-corrected chi connectivity index (χ2v) is 7.21. The van der Waals surface area contributed by atoms with Crippen LogP contribution in [0.3, 0.4) is 0 Å². The van der Waals surface area contributed by atoms with E-state index in [1.807, 2.05) is 25.1 Å². The number of rotatable bonds is 7. The molecule has 0 saturated carbocycles. The summed E-state index contributed by atoms with van der Waals surface area (Å²) in [5.74, 6) is -0.309. The van der Waals surface area contributed by atoms with E-state index in [1.165, 1.54) is 5.56 Å². The van der Waals surface area contributed by atoms with Crippen LogP contribution in [0.25, 0.3) is 0 Å². The Morgan fingerprint density at radius 3 is 2.89 bits per heavy atom. The molecule has 0 aromatic heterocycles. The van der Waals surface area contributed by atoms with Crippen LogP contribution in [0.5, 0.6) is 0 Å². The van der Waals surface area contributed by atoms with Crippen molar-refractivity contribution < 1.29 is 19.1 Å². The number of cyclic esters (lactones) is 1. The van der Waals surface area contributed by atoms with Gasteiger partial charge in [-0.25, -0.2) is 4.79 Å². The van der Waals surface area contributed by atoms with E-state index in [1.54, 1.807) is 4.90 Å². The number of piperazine rings is 1. The first-order valence-corrected chi connectivity index (χ1v) is 9.79. The fourth-order valence-corrected chi connectivity index (χ4v) is 3.56. The lowest BCUT2D eigenvalue weighted by Crippen LogP contribution is -2.56. The number of hydrogen-bond donors (Lipinski definition) is 2. The van der Waals surface area contributed by atoms with Crippen LogP contribution >= 0.6 is 0 Å². The van der Waals surface area contributed by atoms with Gasteiger partial charge in [-0.3, -0.25) is 14.5 Å². The molecule has 1 atom stereocenters. The van der Waals surface area contributed by atoms with Crippen LogP contribution < -0.4 is 10.6 Å². The van der Waals surface area contributed by atoms with Gasteiger partial charge < -0.3 is 20.3 Å². The molecule has 0 spiro atoms. The summed E-state index contributed by atoms with van der Waals surface area (Å²) in [6.07, 6.45) is 0.564. The second-order valence-electron chi connectivity index (χ2n) is 7.21. The summed E-state index contributed by atoms with van der Waals surface area (Å²) in [6.45, 7) is 5.83. The first kappa shape index (κ1) is 20.1. The van der Waals surface area contributed by atoms with Gasteiger partial charge in [0.15, 0.2) is 0 Å². The smallest absolute Gasteiger partial charge is 0.409 e. The van der Waals surface area contributed by atoms with Crippen LogP contribution in [0.2, 0.25) is 0 Å². The molecule has 2 fully saturated rings. The average Bonchev–Trinajstić information content (AvgIpc) is 2.68. The van der Waals surface area contributed by atoms with E-state index in [0.29, 0.717) is 45.9 Å². The minimum Gasteiger partial charge on any atom is -0.449 e. The Hall–Kier alpha value is -2.61. The number of aryl methyl sites for hydroxylation is 1. The van der Waals surface area contributed by atoms with Crippen molar-refractivity contribution in [2.45, 2.75) is 32.4 Å². The molecule has 152 valence electrons. The topological polar surface area (TPSA) is 91.0 Å². The van der Waals surface area contributed by atoms with Gasteiger partial charge in [0, 0.05) is 39.3 Å². The van der Waals surface area contributed by atoms with Crippen LogP contribution in [0.1, 0.15) is 24.0 Å². The number of hydrogen-bond acceptors (Lipinski definition) is 5. The fourth-order valence-electron chi connectivity index (χ4n) is 3.56. The highest BCUT2D eigenvalue weighted by Gasteiger charge is 2.31. The second kappa shape index (κ2) is 9.54. The van der Waals surface area contributed by atoms with Crippen molar-refractivity contribution in [3.8, 4) is 0 Å². The fraction of sp³-hybridized carbons (Fsp3) is 0.550. The van der Waals surface area contributed by atoms with Crippen molar-refractivity contribution in [2.24, 2.45) is 0 Å². The van der Waals surface area contributed by atoms with Gasteiger partial charge in [-0.05, 0) is 24.5 Å². The predicted octanol–water partition coefficient (Wildman–Crippen LogP) is 0.644. The summed E-state index contributed by atoms with van der Waals surface area (Å²) in [5.41, 5.74) is 2.33. The van der Waals surface area contributed by atoms with E-state index in [0.717, 1.165) is 12.0 Å². The zero-order valence-electron chi connectivity index (χ0n) is 16.3. The summed E-state index contributed by atoms with van der Waals surface area (Å²) >= 11 is 0. The summed E-state index contributed by atoms with van der Waals surface area (Å²) in [6, 6.07) is 7.58. The summed E-state index contributed by atoms with van der Waals surface area (Å²) in [4.78, 5) is 40.0. The minimum atomic E-state index is -0.492. The third-order valence-corrected chi connectivity index (χ3v) is 5.22. The summed E-state index contributed by atoms with van der Waals surface area (Å²) < 4.78 is 4.98. The quantitative estimate of drug-likeness (QED) is 0.716. The first-order valence-electron chi connectivity index (χ1n) is 9.79. The monoisotopic (exact) mass is 388 g/mol. The number of amides is 3. The van der Waals surface area contributed by atoms with Gasteiger partial charge in [0.2, 0.25) is 11.8 Å². The highest BCUT2D eigenvalue weighted by atomic mass is 16.6. The zero-order valence-corrected chi connectivity index (χ0v) is 16.3. The maximum absolute atomic E-state index is 12.4. The van der Waals surface area contributed by atoms with Gasteiger partial charge >= 0.3 is 6.09 Å². The van der Waals surface area contributed by atoms with Crippen molar-refractivity contribution in [3.05, 3.63) is 35.4 Å². The van der Waals surface area contributed by atoms with Gasteiger partial charge in [0.1, 0.15) is 0 Å². The normalized spacial score (nSPS) is 20.5. The molecule has 8 heteroatoms. The van der Waals surface area contributed by atoms with Crippen LogP contribution in [0, 0.1) is 6.92 Å². The highest BCUT2D eigenvalue weighted by molar-refractivity contribution is 5.88. The number of ether oxygens (including phenoxy) is 1. The molecule has 0 bridgehead atoms. The Labute approximate surface area is 165 Å². The van der Waals surface area contributed by atoms with Crippen LogP contribution in [0.15, 0.2) is 24.3 Å². The minimum absolute atomic E-state index is 0.0994. The van der Waals surface area contributed by atoms with Gasteiger partial charge in [-0.15, -0.1) is 0 Å². The van der Waals surface area contributed by atoms with Crippen LogP contribution in [-0.2, 0) is 20.9 Å². The van der Waals surface area contributed by atoms with Crippen molar-refractivity contribution in [1.82, 2.24) is 20.4 Å². The van der Waals surface area contributed by atoms with E-state index in [2.05, 4.69) is 21.6 Å². The van der Waals surface area contributed by atoms with Gasteiger partial charge in [-0.1, -0.05) is 24.3 Å². The largest absolute Gasteiger partial charge is 0.449 e. The molecule has 0 radical (unpaired) electrons. The molecule has 2 aliphatic rings. The molecule has 0 unspecified atom stereocenters. The van der Waals surface area contributed by atoms with Gasteiger partial charge in [0.25, 0.3) is 0 Å². The Bertz CT molecular complexity index is 724. The van der Waals surface area contributed by atoms with E-state index < -0.39 is 6.04 Å². The zero-order chi connectivity index (χ0) is 19.9. The Morgan fingerprint density at radius 1 is 1.29 bits per heavy atom. The molecule has 2 heterocycles. The highest BCUT2D eigenvalue weighted by Crippen LogP contribution is 2.16. The predicted molar refractivity (Wildman–Crippen MR) is 104 cm³/mol. The molecule has 1 aromatic carbocycles. The average molecular weight is 388 g/mol. The van der Waals surface area contributed by atoms with E-state index >= 15 is 0 Å². The molecule has 1 aromatic rings. The first-order chi connectivity index (χ1) is 13.5. The lowest BCUT2D eigenvalue weighted by atomic mass is 10.0. The molecule has 2 aliphatic heterocycles. The molecular weight excluding hydrogens is 360 g/mol. The number of nitrogens with zero attached hydrogens (tertiary/aromatic N) is 2. The number of nitrogens with one attached hydrogen (secondary N) is 2. The van der Waals surface area contributed by atoms with Crippen LogP contribution in [0.4, 0.5) is 4.79 Å². The van der Waals surface area contributed by atoms with E-state index in [4.69, 9.17) is 4.74 Å². The SMILES string of the molecule is Cc1ccccc1CN1CCNC(=O)[C@@H]1CC(=O)NCCN1CCCOC1=O. The number of carbonyl (C=O) groups is 3. The molecular formula is C20H28N4O4. The Kier molecular flexibility index (Phi) is 6.86. The van der Waals surface area contributed by atoms with E-state index in [9.17, 15) is 14.4 Å². The lowest BCUT2D eigenvalue weighted by Gasteiger charge is -2.35. The van der Waals surface area contributed by atoms with E-state index in [-0.39, 0.29) is 24.3 Å². The Balaban J connectivity index is 1.52.